The predicted molar refractivity (Wildman–Crippen MR) is 101 cm³/mol. The molecule has 0 aliphatic carbocycles. The summed E-state index contributed by atoms with van der Waals surface area (Å²) in [5.41, 5.74) is 4.39. The van der Waals surface area contributed by atoms with Gasteiger partial charge < -0.3 is 20.5 Å². The van der Waals surface area contributed by atoms with E-state index in [0.29, 0.717) is 42.7 Å². The van der Waals surface area contributed by atoms with Crippen LogP contribution in [0.25, 0.3) is 11.2 Å². The Morgan fingerprint density at radius 2 is 1.92 bits per heavy atom. The normalized spacial score (nSPS) is 10.9. The highest BCUT2D eigenvalue weighted by atomic mass is 16.5. The fourth-order valence-corrected chi connectivity index (χ4v) is 2.51. The van der Waals surface area contributed by atoms with Gasteiger partial charge in [-0.15, -0.1) is 0 Å². The van der Waals surface area contributed by atoms with Gasteiger partial charge in [0.15, 0.2) is 17.0 Å². The van der Waals surface area contributed by atoms with Crippen LogP contribution >= 0.6 is 0 Å². The molecule has 1 aromatic carbocycles. The molecule has 3 aromatic rings. The molecule has 0 amide bonds. The molecule has 2 heterocycles. The van der Waals surface area contributed by atoms with Gasteiger partial charge in [0.1, 0.15) is 0 Å². The Morgan fingerprint density at radius 3 is 2.73 bits per heavy atom. The van der Waals surface area contributed by atoms with Crippen molar-refractivity contribution in [3.8, 4) is 0 Å². The zero-order valence-electron chi connectivity index (χ0n) is 14.9. The molecule has 0 unspecified atom stereocenters. The Balaban J connectivity index is 1.85. The number of benzene rings is 1. The maximum atomic E-state index is 8.72. The van der Waals surface area contributed by atoms with Gasteiger partial charge in [-0.05, 0) is 25.5 Å². The Labute approximate surface area is 151 Å². The van der Waals surface area contributed by atoms with E-state index < -0.39 is 0 Å². The topological polar surface area (TPSA) is 105 Å². The van der Waals surface area contributed by atoms with Crippen molar-refractivity contribution in [1.82, 2.24) is 19.9 Å². The Morgan fingerprint density at radius 1 is 1.08 bits per heavy atom. The summed E-state index contributed by atoms with van der Waals surface area (Å²) in [7, 11) is 0. The average Bonchev–Trinajstić information content (AvgIpc) is 2.64. The van der Waals surface area contributed by atoms with E-state index in [0.717, 1.165) is 11.3 Å². The molecule has 8 nitrogen and oxygen atoms in total. The van der Waals surface area contributed by atoms with Crippen LogP contribution in [0.1, 0.15) is 11.1 Å². The number of hydrogen-bond donors (Lipinski definition) is 3. The molecule has 0 radical (unpaired) electrons. The summed E-state index contributed by atoms with van der Waals surface area (Å²) in [6.07, 6.45) is 3.22. The Kier molecular flexibility index (Phi) is 5.88. The highest BCUT2D eigenvalue weighted by Gasteiger charge is 2.11. The van der Waals surface area contributed by atoms with Crippen molar-refractivity contribution < 1.29 is 9.84 Å². The van der Waals surface area contributed by atoms with Crippen LogP contribution in [0.5, 0.6) is 0 Å². The Hall–Kier alpha value is -2.84. The molecule has 0 spiro atoms. The standard InChI is InChI=1S/C18H22N6O2/c1-12-3-4-14(13(2)11-12)22-17-15-16(20-6-5-19-15)23-18(24-17)21-7-9-26-10-8-25/h3-6,11,25H,7-10H2,1-2H3,(H2,20,21,22,23,24). The smallest absolute Gasteiger partial charge is 0.226 e. The number of nitrogens with one attached hydrogen (secondary N) is 2. The van der Waals surface area contributed by atoms with Gasteiger partial charge >= 0.3 is 0 Å². The van der Waals surface area contributed by atoms with Gasteiger partial charge in [0.25, 0.3) is 0 Å². The fourth-order valence-electron chi connectivity index (χ4n) is 2.51. The molecular weight excluding hydrogens is 332 g/mol. The predicted octanol–water partition coefficient (Wildman–Crippen LogP) is 2.20. The zero-order chi connectivity index (χ0) is 18.4. The van der Waals surface area contributed by atoms with Crippen LogP contribution < -0.4 is 10.6 Å². The maximum Gasteiger partial charge on any atom is 0.226 e. The maximum absolute atomic E-state index is 8.72. The Bertz CT molecular complexity index is 887. The van der Waals surface area contributed by atoms with Gasteiger partial charge in [-0.3, -0.25) is 0 Å². The van der Waals surface area contributed by atoms with Crippen molar-refractivity contribution in [3.05, 3.63) is 41.7 Å². The summed E-state index contributed by atoms with van der Waals surface area (Å²) in [6, 6.07) is 6.17. The number of aromatic nitrogens is 4. The molecule has 136 valence electrons. The first-order valence-corrected chi connectivity index (χ1v) is 8.43. The number of aryl methyl sites for hydroxylation is 2. The van der Waals surface area contributed by atoms with Crippen LogP contribution in [0.3, 0.4) is 0 Å². The third-order valence-electron chi connectivity index (χ3n) is 3.73. The lowest BCUT2D eigenvalue weighted by atomic mass is 10.1. The van der Waals surface area contributed by atoms with Gasteiger partial charge in [0.05, 0.1) is 19.8 Å². The van der Waals surface area contributed by atoms with E-state index >= 15 is 0 Å². The van der Waals surface area contributed by atoms with Gasteiger partial charge in [0.2, 0.25) is 5.95 Å². The summed E-state index contributed by atoms with van der Waals surface area (Å²) in [4.78, 5) is 17.6. The number of nitrogens with zero attached hydrogens (tertiary/aromatic N) is 4. The monoisotopic (exact) mass is 354 g/mol. The van der Waals surface area contributed by atoms with Crippen LogP contribution in [0, 0.1) is 13.8 Å². The molecule has 26 heavy (non-hydrogen) atoms. The van der Waals surface area contributed by atoms with Crippen molar-refractivity contribution in [1.29, 1.82) is 0 Å². The zero-order valence-corrected chi connectivity index (χ0v) is 14.9. The van der Waals surface area contributed by atoms with Crippen molar-refractivity contribution in [2.45, 2.75) is 13.8 Å². The van der Waals surface area contributed by atoms with Gasteiger partial charge in [0, 0.05) is 24.6 Å². The molecule has 3 N–H and O–H groups in total. The van der Waals surface area contributed by atoms with E-state index in [1.165, 1.54) is 5.56 Å². The summed E-state index contributed by atoms with van der Waals surface area (Å²) < 4.78 is 5.23. The molecular formula is C18H22N6O2. The van der Waals surface area contributed by atoms with Crippen LogP contribution in [0.4, 0.5) is 17.5 Å². The molecule has 0 atom stereocenters. The van der Waals surface area contributed by atoms with E-state index in [1.807, 2.05) is 19.1 Å². The molecule has 0 aliphatic rings. The highest BCUT2D eigenvalue weighted by Crippen LogP contribution is 2.25. The van der Waals surface area contributed by atoms with Gasteiger partial charge in [-0.25, -0.2) is 9.97 Å². The largest absolute Gasteiger partial charge is 0.394 e. The lowest BCUT2D eigenvalue weighted by Crippen LogP contribution is -2.14. The van der Waals surface area contributed by atoms with Crippen LogP contribution in [-0.2, 0) is 4.74 Å². The number of anilines is 3. The van der Waals surface area contributed by atoms with Crippen molar-refractivity contribution >= 4 is 28.6 Å². The minimum absolute atomic E-state index is 0.00599. The molecule has 0 fully saturated rings. The number of aliphatic hydroxyl groups excluding tert-OH is 1. The number of ether oxygens (including phenoxy) is 1. The molecule has 0 saturated heterocycles. The summed E-state index contributed by atoms with van der Waals surface area (Å²) in [6.45, 7) is 5.39. The first-order chi connectivity index (χ1) is 12.7. The van der Waals surface area contributed by atoms with E-state index in [9.17, 15) is 0 Å². The third kappa shape index (κ3) is 4.41. The highest BCUT2D eigenvalue weighted by molar-refractivity contribution is 5.86. The molecule has 0 bridgehead atoms. The summed E-state index contributed by atoms with van der Waals surface area (Å²) in [5, 5.41) is 15.2. The fraction of sp³-hybridized carbons (Fsp3) is 0.333. The van der Waals surface area contributed by atoms with Crippen molar-refractivity contribution in [3.63, 3.8) is 0 Å². The molecule has 0 aliphatic heterocycles. The van der Waals surface area contributed by atoms with Crippen molar-refractivity contribution in [2.24, 2.45) is 0 Å². The van der Waals surface area contributed by atoms with Crippen molar-refractivity contribution in [2.75, 3.05) is 37.0 Å². The van der Waals surface area contributed by atoms with E-state index in [2.05, 4.69) is 43.6 Å². The minimum Gasteiger partial charge on any atom is -0.394 e. The van der Waals surface area contributed by atoms with E-state index in [1.54, 1.807) is 12.4 Å². The SMILES string of the molecule is Cc1ccc(Nc2nc(NCCOCCO)nc3nccnc23)c(C)c1. The van der Waals surface area contributed by atoms with E-state index in [-0.39, 0.29) is 6.61 Å². The second-order valence-corrected chi connectivity index (χ2v) is 5.83. The molecule has 8 heteroatoms. The molecule has 0 saturated carbocycles. The van der Waals surface area contributed by atoms with Crippen LogP contribution in [0.15, 0.2) is 30.6 Å². The number of aliphatic hydroxyl groups is 1. The van der Waals surface area contributed by atoms with E-state index in [4.69, 9.17) is 9.84 Å². The lowest BCUT2D eigenvalue weighted by Gasteiger charge is -2.13. The molecule has 3 rings (SSSR count). The number of hydrogen-bond acceptors (Lipinski definition) is 8. The molecule has 2 aromatic heterocycles. The van der Waals surface area contributed by atoms with Crippen LogP contribution in [-0.4, -0.2) is 51.4 Å². The average molecular weight is 354 g/mol. The third-order valence-corrected chi connectivity index (χ3v) is 3.73. The quantitative estimate of drug-likeness (QED) is 0.529. The minimum atomic E-state index is 0.00599. The number of rotatable bonds is 8. The first kappa shape index (κ1) is 18.0. The summed E-state index contributed by atoms with van der Waals surface area (Å²) >= 11 is 0. The van der Waals surface area contributed by atoms with Crippen LogP contribution in [0.2, 0.25) is 0 Å². The first-order valence-electron chi connectivity index (χ1n) is 8.43. The van der Waals surface area contributed by atoms with Gasteiger partial charge in [-0.2, -0.15) is 9.97 Å². The summed E-state index contributed by atoms with van der Waals surface area (Å²) in [5.74, 6) is 1.03. The number of fused-ring (bicyclic) bond motifs is 1. The second kappa shape index (κ2) is 8.50. The van der Waals surface area contributed by atoms with Gasteiger partial charge in [-0.1, -0.05) is 17.7 Å². The second-order valence-electron chi connectivity index (χ2n) is 5.83. The lowest BCUT2D eigenvalue weighted by molar-refractivity contribution is 0.0991.